The summed E-state index contributed by atoms with van der Waals surface area (Å²) in [5.74, 6) is -3.29. The summed E-state index contributed by atoms with van der Waals surface area (Å²) < 4.78 is 22.1. The van der Waals surface area contributed by atoms with Crippen LogP contribution >= 0.6 is 7.82 Å². The van der Waals surface area contributed by atoms with E-state index in [1.165, 1.54) is 0 Å². The van der Waals surface area contributed by atoms with Crippen molar-refractivity contribution in [2.45, 2.75) is 26.2 Å². The molecule has 0 fully saturated rings. The molecular formula is C24H36ClN8O12P. The minimum absolute atomic E-state index is 0. The Balaban J connectivity index is 0. The van der Waals surface area contributed by atoms with Gasteiger partial charge in [-0.05, 0) is 0 Å². The van der Waals surface area contributed by atoms with Gasteiger partial charge in [0.05, 0.1) is 28.2 Å². The van der Waals surface area contributed by atoms with Gasteiger partial charge in [0, 0.05) is 0 Å². The van der Waals surface area contributed by atoms with Crippen molar-refractivity contribution >= 4 is 31.7 Å². The highest BCUT2D eigenvalue weighted by Crippen LogP contribution is 2.03. The van der Waals surface area contributed by atoms with E-state index in [4.69, 9.17) is 39.7 Å². The third kappa shape index (κ3) is 25.6. The zero-order chi connectivity index (χ0) is 34.7. The standard InChI is InChI=1S/4C6H8N2O2.ClH.H3O4P/c4*1-7-2-3-8(5-7)4-6(9)10;;1-5(2,3)4/h4*2-3,5H,4H2,1H3;1H;(H3,1,2,3,4). The maximum Gasteiger partial charge on any atom is 0.346 e. The van der Waals surface area contributed by atoms with Crippen LogP contribution in [0.15, 0.2) is 74.9 Å². The molecule has 0 aromatic carbocycles. The Morgan fingerprint density at radius 2 is 0.674 bits per heavy atom. The molecule has 0 aliphatic carbocycles. The van der Waals surface area contributed by atoms with E-state index in [9.17, 15) is 19.2 Å². The molecule has 0 atom stereocenters. The number of hydrogen-bond acceptors (Lipinski definition) is 8. The van der Waals surface area contributed by atoms with Gasteiger partial charge < -0.3 is 52.1 Å². The van der Waals surface area contributed by atoms with E-state index in [2.05, 4.69) is 0 Å². The third-order valence-corrected chi connectivity index (χ3v) is 4.57. The zero-order valence-electron chi connectivity index (χ0n) is 25.2. The second-order valence-corrected chi connectivity index (χ2v) is 9.92. The Morgan fingerprint density at radius 3 is 0.761 bits per heavy atom. The maximum absolute atomic E-state index is 10.1. The Kier molecular flexibility index (Phi) is 20.5. The predicted molar refractivity (Wildman–Crippen MR) is 141 cm³/mol. The summed E-state index contributed by atoms with van der Waals surface area (Å²) in [6, 6.07) is 0. The summed E-state index contributed by atoms with van der Waals surface area (Å²) in [5, 5.41) is 33.4. The number of imidazole rings is 4. The number of carbonyl (C=O) groups is 4. The summed E-state index contributed by atoms with van der Waals surface area (Å²) >= 11 is 0. The minimum atomic E-state index is -5.39. The van der Waals surface area contributed by atoms with Gasteiger partial charge in [-0.15, -0.1) is 0 Å². The van der Waals surface area contributed by atoms with E-state index in [-0.39, 0.29) is 38.6 Å². The lowest BCUT2D eigenvalue weighted by Gasteiger charge is -2.36. The van der Waals surface area contributed by atoms with Crippen LogP contribution in [0.5, 0.6) is 0 Å². The Bertz CT molecular complexity index is 1340. The Morgan fingerprint density at radius 1 is 0.522 bits per heavy atom. The first kappa shape index (κ1) is 43.2. The largest absolute Gasteiger partial charge is 1.00 e. The van der Waals surface area contributed by atoms with Crippen molar-refractivity contribution in [1.82, 2.24) is 18.3 Å². The molecule has 0 aliphatic heterocycles. The first-order valence-corrected chi connectivity index (χ1v) is 13.8. The predicted octanol–water partition coefficient (Wildman–Crippen LogP) is -8.23. The first-order chi connectivity index (χ1) is 20.7. The molecule has 256 valence electrons. The second-order valence-electron chi connectivity index (χ2n) is 9.03. The Hall–Kier alpha value is -4.88. The fourth-order valence-electron chi connectivity index (χ4n) is 3.01. The normalized spacial score (nSPS) is 9.72. The smallest absolute Gasteiger partial charge is 0.346 e. The number of aromatic nitrogens is 8. The maximum atomic E-state index is 10.1. The highest BCUT2D eigenvalue weighted by Gasteiger charge is 2.06. The third-order valence-electron chi connectivity index (χ3n) is 4.57. The van der Waals surface area contributed by atoms with E-state index < -0.39 is 31.7 Å². The van der Waals surface area contributed by atoms with Gasteiger partial charge in [-0.2, -0.15) is 7.82 Å². The average molecular weight is 695 g/mol. The SMILES string of the molecule is Cn1cc[n+](CC(=O)O)c1.Cn1cc[n+](CC(=O)O)c1.Cn1cc[n+](CC(=O)O)c1.Cn1cc[n+](CC(=O)O)c1.O=P([O-])([O-])[O-].[Cl-]. The van der Waals surface area contributed by atoms with Crippen LogP contribution < -0.4 is 45.4 Å². The number of halogens is 1. The molecule has 0 aliphatic rings. The quantitative estimate of drug-likeness (QED) is 0.0989. The molecule has 22 heteroatoms. The van der Waals surface area contributed by atoms with Gasteiger partial charge in [0.2, 0.25) is 25.3 Å². The lowest BCUT2D eigenvalue weighted by Crippen LogP contribution is -3.00. The van der Waals surface area contributed by atoms with E-state index in [0.29, 0.717) is 0 Å². The van der Waals surface area contributed by atoms with Gasteiger partial charge in [-0.25, -0.2) is 55.7 Å². The number of carboxylic acid groups (broad SMARTS) is 4. The van der Waals surface area contributed by atoms with Crippen LogP contribution in [0.1, 0.15) is 0 Å². The lowest BCUT2D eigenvalue weighted by molar-refractivity contribution is -0.685. The summed E-state index contributed by atoms with van der Waals surface area (Å²) in [6.45, 7) is 0.114. The number of aliphatic carboxylic acids is 4. The van der Waals surface area contributed by atoms with Gasteiger partial charge in [0.15, 0.2) is 26.2 Å². The molecule has 0 saturated heterocycles. The zero-order valence-corrected chi connectivity index (χ0v) is 26.9. The van der Waals surface area contributed by atoms with Crippen LogP contribution in [0.4, 0.5) is 0 Å². The molecule has 4 aromatic heterocycles. The van der Waals surface area contributed by atoms with Crippen molar-refractivity contribution in [3.63, 3.8) is 0 Å². The van der Waals surface area contributed by atoms with Gasteiger partial charge in [0.1, 0.15) is 49.6 Å². The molecule has 0 saturated carbocycles. The van der Waals surface area contributed by atoms with Crippen molar-refractivity contribution in [1.29, 1.82) is 0 Å². The molecule has 4 aromatic rings. The van der Waals surface area contributed by atoms with Crippen LogP contribution in [-0.4, -0.2) is 62.6 Å². The number of carboxylic acids is 4. The van der Waals surface area contributed by atoms with Crippen molar-refractivity contribution < 1.29 is 89.5 Å². The average Bonchev–Trinajstić information content (AvgIpc) is 3.64. The summed E-state index contributed by atoms with van der Waals surface area (Å²) in [6.07, 6.45) is 20.9. The van der Waals surface area contributed by atoms with Gasteiger partial charge in [-0.1, -0.05) is 0 Å². The lowest BCUT2D eigenvalue weighted by atomic mass is 10.6. The monoisotopic (exact) mass is 694 g/mol. The molecule has 0 unspecified atom stereocenters. The minimum Gasteiger partial charge on any atom is -1.00 e. The van der Waals surface area contributed by atoms with E-state index >= 15 is 0 Å². The molecule has 20 nitrogen and oxygen atoms in total. The van der Waals surface area contributed by atoms with Crippen LogP contribution in [0, 0.1) is 0 Å². The van der Waals surface area contributed by atoms with Crippen molar-refractivity contribution in [3.05, 3.63) is 74.9 Å². The van der Waals surface area contributed by atoms with Crippen LogP contribution in [0.25, 0.3) is 0 Å². The number of hydrogen-bond donors (Lipinski definition) is 4. The summed E-state index contributed by atoms with van der Waals surface area (Å²) in [7, 11) is 1.99. The fourth-order valence-corrected chi connectivity index (χ4v) is 3.01. The molecule has 0 amide bonds. The van der Waals surface area contributed by atoms with Crippen LogP contribution in [0.3, 0.4) is 0 Å². The summed E-state index contributed by atoms with van der Waals surface area (Å²) in [4.78, 5) is 66.2. The molecule has 4 rings (SSSR count). The number of rotatable bonds is 8. The fraction of sp³-hybridized carbons (Fsp3) is 0.333. The van der Waals surface area contributed by atoms with Crippen molar-refractivity contribution in [2.75, 3.05) is 0 Å². The molecule has 4 N–H and O–H groups in total. The van der Waals surface area contributed by atoms with Crippen LogP contribution in [-0.2, 0) is 78.1 Å². The van der Waals surface area contributed by atoms with Gasteiger partial charge in [-0.3, -0.25) is 0 Å². The van der Waals surface area contributed by atoms with E-state index in [1.807, 2.05) is 28.2 Å². The highest BCUT2D eigenvalue weighted by molar-refractivity contribution is 7.40. The second kappa shape index (κ2) is 21.8. The molecule has 0 bridgehead atoms. The van der Waals surface area contributed by atoms with Crippen molar-refractivity contribution in [3.8, 4) is 0 Å². The number of aryl methyl sites for hydroxylation is 4. The molecule has 0 spiro atoms. The molecule has 4 heterocycles. The van der Waals surface area contributed by atoms with Gasteiger partial charge in [0.25, 0.3) is 0 Å². The number of phosphoric acid groups is 1. The molecule has 46 heavy (non-hydrogen) atoms. The van der Waals surface area contributed by atoms with E-state index in [0.717, 1.165) is 0 Å². The Labute approximate surface area is 268 Å². The summed E-state index contributed by atoms with van der Waals surface area (Å²) in [5.41, 5.74) is 0. The molecule has 0 radical (unpaired) electrons. The topological polar surface area (TPSA) is 271 Å². The highest BCUT2D eigenvalue weighted by atomic mass is 35.5. The van der Waals surface area contributed by atoms with Gasteiger partial charge >= 0.3 is 23.9 Å². The first-order valence-electron chi connectivity index (χ1n) is 12.4. The molecular weight excluding hydrogens is 659 g/mol. The van der Waals surface area contributed by atoms with Crippen molar-refractivity contribution in [2.24, 2.45) is 28.2 Å². The number of nitrogens with zero attached hydrogens (tertiary/aromatic N) is 8. The van der Waals surface area contributed by atoms with E-state index in [1.54, 1.807) is 111 Å². The van der Waals surface area contributed by atoms with Crippen LogP contribution in [0.2, 0.25) is 0 Å².